The van der Waals surface area contributed by atoms with Gasteiger partial charge in [-0.3, -0.25) is 0 Å². The molecule has 6 aromatic rings. The van der Waals surface area contributed by atoms with Crippen LogP contribution in [0.2, 0.25) is 0 Å². The summed E-state index contributed by atoms with van der Waals surface area (Å²) in [5.41, 5.74) is 14.5. The monoisotopic (exact) mass is 720 g/mol. The minimum Gasteiger partial charge on any atom is -0.354 e. The first-order valence-electron chi connectivity index (χ1n) is 17.2. The molecule has 5 heteroatoms. The Morgan fingerprint density at radius 2 is 0.922 bits per heavy atom. The van der Waals surface area contributed by atoms with Crippen molar-refractivity contribution in [3.63, 3.8) is 0 Å². The van der Waals surface area contributed by atoms with Gasteiger partial charge in [-0.05, 0) is 64.8 Å². The van der Waals surface area contributed by atoms with Gasteiger partial charge in [0.25, 0.3) is 0 Å². The van der Waals surface area contributed by atoms with Gasteiger partial charge in [-0.25, -0.2) is 9.98 Å². The van der Waals surface area contributed by atoms with Gasteiger partial charge in [-0.2, -0.15) is 0 Å². The van der Waals surface area contributed by atoms with E-state index in [1.807, 2.05) is 0 Å². The molecule has 0 atom stereocenters. The summed E-state index contributed by atoms with van der Waals surface area (Å²) in [6, 6.07) is 49.1. The van der Waals surface area contributed by atoms with E-state index in [2.05, 4.69) is 196 Å². The third-order valence-corrected chi connectivity index (χ3v) is 9.90. The number of aromatic amines is 1. The number of aryl methyl sites for hydroxylation is 1. The molecule has 0 spiro atoms. The van der Waals surface area contributed by atoms with Gasteiger partial charge in [0.2, 0.25) is 0 Å². The Morgan fingerprint density at radius 3 is 1.47 bits per heavy atom. The van der Waals surface area contributed by atoms with E-state index in [-0.39, 0.29) is 0 Å². The van der Waals surface area contributed by atoms with Gasteiger partial charge in [0.1, 0.15) is 0 Å². The first kappa shape index (κ1) is 31.0. The van der Waals surface area contributed by atoms with Crippen molar-refractivity contribution in [1.82, 2.24) is 9.55 Å². The first-order chi connectivity index (χ1) is 25.2. The van der Waals surface area contributed by atoms with Gasteiger partial charge in [0, 0.05) is 56.6 Å². The number of alkyl halides is 1. The zero-order valence-corrected chi connectivity index (χ0v) is 29.4. The number of nitrogens with one attached hydrogen (secondary N) is 1. The second-order valence-corrected chi connectivity index (χ2v) is 13.5. The molecule has 0 saturated heterocycles. The van der Waals surface area contributed by atoms with Crippen molar-refractivity contribution in [3.8, 4) is 0 Å². The molecule has 8 bridgehead atoms. The van der Waals surface area contributed by atoms with Crippen molar-refractivity contribution in [1.29, 1.82) is 0 Å². The number of aliphatic imine (C=N–C) groups is 2. The Bertz CT molecular complexity index is 2600. The van der Waals surface area contributed by atoms with Crippen molar-refractivity contribution in [3.05, 3.63) is 226 Å². The lowest BCUT2D eigenvalue weighted by atomic mass is 9.97. The van der Waals surface area contributed by atoms with E-state index in [4.69, 9.17) is 9.98 Å². The van der Waals surface area contributed by atoms with Crippen LogP contribution in [0.3, 0.4) is 0 Å². The Morgan fingerprint density at radius 1 is 0.471 bits per heavy atom. The molecular formula is C46H33BrN4. The summed E-state index contributed by atoms with van der Waals surface area (Å²) in [7, 11) is 0. The van der Waals surface area contributed by atoms with Crippen molar-refractivity contribution in [2.45, 2.75) is 6.54 Å². The largest absolute Gasteiger partial charge is 0.354 e. The van der Waals surface area contributed by atoms with Gasteiger partial charge < -0.3 is 9.55 Å². The molecule has 0 amide bonds. The van der Waals surface area contributed by atoms with Crippen LogP contribution in [0.4, 0.5) is 0 Å². The fourth-order valence-corrected chi connectivity index (χ4v) is 7.68. The Kier molecular flexibility index (Phi) is 8.11. The maximum absolute atomic E-state index is 5.43. The number of halogens is 1. The van der Waals surface area contributed by atoms with Crippen LogP contribution in [-0.2, 0) is 6.54 Å². The fourth-order valence-electron chi connectivity index (χ4n) is 7.29. The fraction of sp³-hybridized carbons (Fsp3) is 0.0435. The zero-order valence-electron chi connectivity index (χ0n) is 27.8. The van der Waals surface area contributed by atoms with E-state index in [1.54, 1.807) is 0 Å². The van der Waals surface area contributed by atoms with Crippen LogP contribution in [-0.4, -0.2) is 26.3 Å². The van der Waals surface area contributed by atoms with Crippen molar-refractivity contribution in [2.75, 3.05) is 5.33 Å². The molecule has 244 valence electrons. The summed E-state index contributed by atoms with van der Waals surface area (Å²) in [6.07, 6.45) is 10.9. The molecule has 9 rings (SSSR count). The predicted molar refractivity (Wildman–Crippen MR) is 214 cm³/mol. The van der Waals surface area contributed by atoms with Crippen LogP contribution in [0.1, 0.15) is 33.5 Å². The molecule has 0 aliphatic carbocycles. The summed E-state index contributed by atoms with van der Waals surface area (Å²) < 4.78 is 2.36. The lowest BCUT2D eigenvalue weighted by Gasteiger charge is -2.14. The number of H-pyrrole nitrogens is 1. The number of aromatic nitrogens is 2. The van der Waals surface area contributed by atoms with Crippen molar-refractivity contribution in [2.24, 2.45) is 9.98 Å². The lowest BCUT2D eigenvalue weighted by Crippen LogP contribution is -2.19. The van der Waals surface area contributed by atoms with Crippen LogP contribution in [0.5, 0.6) is 0 Å². The first-order valence-corrected chi connectivity index (χ1v) is 18.3. The molecule has 0 fully saturated rings. The van der Waals surface area contributed by atoms with Crippen molar-refractivity contribution < 1.29 is 0 Å². The third-order valence-electron chi connectivity index (χ3n) is 9.55. The lowest BCUT2D eigenvalue weighted by molar-refractivity contribution is 0.770. The van der Waals surface area contributed by atoms with Gasteiger partial charge in [0.05, 0.1) is 28.5 Å². The predicted octanol–water partition coefficient (Wildman–Crippen LogP) is 8.86. The molecule has 1 N–H and O–H groups in total. The van der Waals surface area contributed by atoms with E-state index in [9.17, 15) is 0 Å². The summed E-state index contributed by atoms with van der Waals surface area (Å²) in [5, 5.41) is 2.86. The van der Waals surface area contributed by atoms with E-state index in [1.165, 1.54) is 0 Å². The number of nitrogens with zero attached hydrogens (tertiary/aromatic N) is 3. The topological polar surface area (TPSA) is 45.4 Å². The van der Waals surface area contributed by atoms with Gasteiger partial charge >= 0.3 is 0 Å². The number of rotatable bonds is 6. The highest BCUT2D eigenvalue weighted by molar-refractivity contribution is 9.09. The number of allylic oxidation sites excluding steroid dienone is 5. The van der Waals surface area contributed by atoms with Crippen LogP contribution >= 0.6 is 15.9 Å². The minimum atomic E-state index is 0.796. The Balaban J connectivity index is 1.44. The van der Waals surface area contributed by atoms with E-state index >= 15 is 0 Å². The van der Waals surface area contributed by atoms with Gasteiger partial charge in [-0.15, -0.1) is 0 Å². The maximum Gasteiger partial charge on any atom is 0.0738 e. The van der Waals surface area contributed by atoms with Crippen molar-refractivity contribution >= 4 is 49.6 Å². The average Bonchev–Trinajstić information content (AvgIpc) is 4.01. The number of fused-ring (bicyclic) bond motifs is 6. The summed E-state index contributed by atoms with van der Waals surface area (Å²) >= 11 is 3.76. The van der Waals surface area contributed by atoms with Crippen LogP contribution in [0, 0.1) is 0 Å². The standard InChI is InChI=1S/C46H33BrN4/c47-27-28-51-30-35-29-42(51)46(34-19-11-4-12-20-34)41-26-25-40(50-41)45(33-17-9-3-10-18-33)39-24-23-38(49-39)44(32-15-7-2-8-16-32)37-22-21-36(48-37)43(35)31-13-5-1-6-14-31/h1-26,29-30,48H,27-28H2. The molecule has 3 aliphatic heterocycles. The van der Waals surface area contributed by atoms with Gasteiger partial charge in [-0.1, -0.05) is 137 Å². The molecule has 4 aromatic carbocycles. The number of benzene rings is 4. The SMILES string of the molecule is BrCCn1cc2cc1C(c1ccccc1)=C1C=CC(=N1)C(c1ccccc1)=C1C=CC(=N1)C(c1ccccc1)=c1ccc([nH]1)=C2c1ccccc1. The molecule has 4 nitrogen and oxygen atoms in total. The van der Waals surface area contributed by atoms with Gasteiger partial charge in [0.15, 0.2) is 0 Å². The third kappa shape index (κ3) is 5.76. The summed E-state index contributed by atoms with van der Waals surface area (Å²) in [4.78, 5) is 14.7. The molecule has 3 aliphatic rings. The Labute approximate surface area is 305 Å². The molecular weight excluding hydrogens is 688 g/mol. The molecule has 0 unspecified atom stereocenters. The highest BCUT2D eigenvalue weighted by Crippen LogP contribution is 2.37. The van der Waals surface area contributed by atoms with Crippen LogP contribution in [0.15, 0.2) is 191 Å². The quantitative estimate of drug-likeness (QED) is 0.167. The molecule has 0 radical (unpaired) electrons. The molecule has 2 aromatic heterocycles. The number of hydrogen-bond acceptors (Lipinski definition) is 2. The molecule has 5 heterocycles. The smallest absolute Gasteiger partial charge is 0.0738 e. The molecule has 0 saturated carbocycles. The minimum absolute atomic E-state index is 0.796. The number of hydrogen-bond donors (Lipinski definition) is 1. The van der Waals surface area contributed by atoms with E-state index in [0.29, 0.717) is 0 Å². The molecule has 51 heavy (non-hydrogen) atoms. The van der Waals surface area contributed by atoms with E-state index < -0.39 is 0 Å². The van der Waals surface area contributed by atoms with Crippen LogP contribution < -0.4 is 10.7 Å². The second kappa shape index (κ2) is 13.3. The zero-order chi connectivity index (χ0) is 34.1. The van der Waals surface area contributed by atoms with E-state index in [0.717, 1.165) is 101 Å². The highest BCUT2D eigenvalue weighted by Gasteiger charge is 2.25. The highest BCUT2D eigenvalue weighted by atomic mass is 79.9. The maximum atomic E-state index is 5.43. The summed E-state index contributed by atoms with van der Waals surface area (Å²) in [5.74, 6) is 0. The normalized spacial score (nSPS) is 15.2. The Hall–Kier alpha value is -6.04. The average molecular weight is 722 g/mol. The van der Waals surface area contributed by atoms with Crippen LogP contribution in [0.25, 0.3) is 22.3 Å². The second-order valence-electron chi connectivity index (χ2n) is 12.7. The summed E-state index contributed by atoms with van der Waals surface area (Å²) in [6.45, 7) is 0.796.